The van der Waals surface area contributed by atoms with E-state index in [1.165, 1.54) is 5.69 Å². The van der Waals surface area contributed by atoms with Gasteiger partial charge >= 0.3 is 0 Å². The lowest BCUT2D eigenvalue weighted by Crippen LogP contribution is -2.36. The molecule has 1 aliphatic rings. The predicted octanol–water partition coefficient (Wildman–Crippen LogP) is 1.72. The molecule has 0 radical (unpaired) electrons. The van der Waals surface area contributed by atoms with Gasteiger partial charge in [0.25, 0.3) is 0 Å². The van der Waals surface area contributed by atoms with Crippen LogP contribution < -0.4 is 0 Å². The molecule has 3 rings (SSSR count). The largest absolute Gasteiger partial charge is 0.507 e. The SMILES string of the molecule is Cn1c(CN2CCOCC2)cc2c(O)cccc21. The summed E-state index contributed by atoms with van der Waals surface area (Å²) < 4.78 is 7.51. The van der Waals surface area contributed by atoms with E-state index in [-0.39, 0.29) is 0 Å². The van der Waals surface area contributed by atoms with Crippen LogP contribution in [0, 0.1) is 0 Å². The van der Waals surface area contributed by atoms with E-state index < -0.39 is 0 Å². The minimum atomic E-state index is 0.358. The molecule has 0 bridgehead atoms. The number of aryl methyl sites for hydroxylation is 1. The lowest BCUT2D eigenvalue weighted by atomic mass is 10.2. The fourth-order valence-corrected chi connectivity index (χ4v) is 2.54. The van der Waals surface area contributed by atoms with E-state index in [1.54, 1.807) is 6.07 Å². The third kappa shape index (κ3) is 1.98. The smallest absolute Gasteiger partial charge is 0.124 e. The van der Waals surface area contributed by atoms with Crippen LogP contribution in [0.4, 0.5) is 0 Å². The van der Waals surface area contributed by atoms with E-state index in [4.69, 9.17) is 4.74 Å². The average Bonchev–Trinajstić information content (AvgIpc) is 2.70. The number of aromatic nitrogens is 1. The van der Waals surface area contributed by atoms with E-state index in [2.05, 4.69) is 22.6 Å². The van der Waals surface area contributed by atoms with Gasteiger partial charge in [-0.15, -0.1) is 0 Å². The van der Waals surface area contributed by atoms with Crippen molar-refractivity contribution >= 4 is 10.9 Å². The number of ether oxygens (including phenoxy) is 1. The molecule has 0 aliphatic carbocycles. The summed E-state index contributed by atoms with van der Waals surface area (Å²) >= 11 is 0. The molecule has 1 aromatic carbocycles. The zero-order valence-electron chi connectivity index (χ0n) is 10.6. The van der Waals surface area contributed by atoms with E-state index in [9.17, 15) is 5.11 Å². The van der Waals surface area contributed by atoms with Gasteiger partial charge in [0.1, 0.15) is 5.75 Å². The van der Waals surface area contributed by atoms with E-state index >= 15 is 0 Å². The Morgan fingerprint density at radius 3 is 2.78 bits per heavy atom. The van der Waals surface area contributed by atoms with Crippen molar-refractivity contribution in [2.24, 2.45) is 7.05 Å². The van der Waals surface area contributed by atoms with Crippen LogP contribution in [0.25, 0.3) is 10.9 Å². The normalized spacial score (nSPS) is 17.4. The van der Waals surface area contributed by atoms with Gasteiger partial charge in [-0.05, 0) is 18.2 Å². The lowest BCUT2D eigenvalue weighted by Gasteiger charge is -2.26. The van der Waals surface area contributed by atoms with Gasteiger partial charge in [0.2, 0.25) is 0 Å². The molecule has 1 saturated heterocycles. The summed E-state index contributed by atoms with van der Waals surface area (Å²) in [5, 5.41) is 10.8. The molecule has 0 amide bonds. The molecule has 1 N–H and O–H groups in total. The molecule has 18 heavy (non-hydrogen) atoms. The summed E-state index contributed by atoms with van der Waals surface area (Å²) in [6.07, 6.45) is 0. The predicted molar refractivity (Wildman–Crippen MR) is 70.7 cm³/mol. The Bertz CT molecular complexity index is 556. The van der Waals surface area contributed by atoms with E-state index in [0.29, 0.717) is 5.75 Å². The quantitative estimate of drug-likeness (QED) is 0.876. The molecule has 96 valence electrons. The first kappa shape index (κ1) is 11.6. The Morgan fingerprint density at radius 2 is 2.06 bits per heavy atom. The maximum Gasteiger partial charge on any atom is 0.124 e. The molecular formula is C14H18N2O2. The van der Waals surface area contributed by atoms with Crippen LogP contribution in [0.5, 0.6) is 5.75 Å². The molecule has 2 aromatic rings. The van der Waals surface area contributed by atoms with Gasteiger partial charge in [-0.25, -0.2) is 0 Å². The summed E-state index contributed by atoms with van der Waals surface area (Å²) in [7, 11) is 2.05. The Morgan fingerprint density at radius 1 is 1.28 bits per heavy atom. The second-order valence-corrected chi connectivity index (χ2v) is 4.79. The molecule has 2 heterocycles. The highest BCUT2D eigenvalue weighted by Gasteiger charge is 2.14. The zero-order chi connectivity index (χ0) is 12.5. The molecule has 0 saturated carbocycles. The van der Waals surface area contributed by atoms with Gasteiger partial charge in [0.15, 0.2) is 0 Å². The van der Waals surface area contributed by atoms with Crippen LogP contribution in [0.2, 0.25) is 0 Å². The van der Waals surface area contributed by atoms with Crippen molar-refractivity contribution in [2.75, 3.05) is 26.3 Å². The first-order chi connectivity index (χ1) is 8.75. The van der Waals surface area contributed by atoms with Crippen molar-refractivity contribution in [2.45, 2.75) is 6.54 Å². The third-order valence-electron chi connectivity index (χ3n) is 3.65. The number of phenolic OH excluding ortho intramolecular Hbond substituents is 1. The van der Waals surface area contributed by atoms with Gasteiger partial charge in [-0.2, -0.15) is 0 Å². The molecule has 1 aromatic heterocycles. The maximum absolute atomic E-state index is 9.87. The second-order valence-electron chi connectivity index (χ2n) is 4.79. The van der Waals surface area contributed by atoms with Crippen LogP contribution in [0.1, 0.15) is 5.69 Å². The monoisotopic (exact) mass is 246 g/mol. The lowest BCUT2D eigenvalue weighted by molar-refractivity contribution is 0.0333. The van der Waals surface area contributed by atoms with Crippen LogP contribution in [-0.4, -0.2) is 40.9 Å². The van der Waals surface area contributed by atoms with Crippen molar-refractivity contribution in [3.63, 3.8) is 0 Å². The summed E-state index contributed by atoms with van der Waals surface area (Å²) in [5.41, 5.74) is 2.31. The summed E-state index contributed by atoms with van der Waals surface area (Å²) in [4.78, 5) is 2.38. The Hall–Kier alpha value is -1.52. The third-order valence-corrected chi connectivity index (χ3v) is 3.65. The highest BCUT2D eigenvalue weighted by molar-refractivity contribution is 5.87. The number of fused-ring (bicyclic) bond motifs is 1. The van der Waals surface area contributed by atoms with Crippen molar-refractivity contribution in [3.8, 4) is 5.75 Å². The van der Waals surface area contributed by atoms with Crippen LogP contribution in [0.15, 0.2) is 24.3 Å². The van der Waals surface area contributed by atoms with Gasteiger partial charge in [-0.1, -0.05) is 6.07 Å². The number of phenols is 1. The number of rotatable bonds is 2. The Kier molecular flexibility index (Phi) is 2.97. The molecule has 4 nitrogen and oxygen atoms in total. The standard InChI is InChI=1S/C14H18N2O2/c1-15-11(10-16-5-7-18-8-6-16)9-12-13(15)3-2-4-14(12)17/h2-4,9,17H,5-8,10H2,1H3. The maximum atomic E-state index is 9.87. The summed E-state index contributed by atoms with van der Waals surface area (Å²) in [6, 6.07) is 7.75. The minimum absolute atomic E-state index is 0.358. The second kappa shape index (κ2) is 4.63. The van der Waals surface area contributed by atoms with Crippen LogP contribution in [-0.2, 0) is 18.3 Å². The van der Waals surface area contributed by atoms with Gasteiger partial charge < -0.3 is 14.4 Å². The number of aromatic hydroxyl groups is 1. The van der Waals surface area contributed by atoms with Crippen LogP contribution in [0.3, 0.4) is 0 Å². The summed E-state index contributed by atoms with van der Waals surface area (Å²) in [6.45, 7) is 4.50. The van der Waals surface area contributed by atoms with Crippen molar-refractivity contribution in [1.82, 2.24) is 9.47 Å². The Labute approximate surface area is 106 Å². The fraction of sp³-hybridized carbons (Fsp3) is 0.429. The van der Waals surface area contributed by atoms with E-state index in [0.717, 1.165) is 43.8 Å². The first-order valence-electron chi connectivity index (χ1n) is 6.32. The molecule has 0 unspecified atom stereocenters. The van der Waals surface area contributed by atoms with E-state index in [1.807, 2.05) is 12.1 Å². The highest BCUT2D eigenvalue weighted by atomic mass is 16.5. The summed E-state index contributed by atoms with van der Waals surface area (Å²) in [5.74, 6) is 0.358. The van der Waals surface area contributed by atoms with Crippen molar-refractivity contribution in [3.05, 3.63) is 30.0 Å². The van der Waals surface area contributed by atoms with Gasteiger partial charge in [0, 0.05) is 37.8 Å². The molecule has 4 heteroatoms. The number of morpholine rings is 1. The van der Waals surface area contributed by atoms with Crippen molar-refractivity contribution < 1.29 is 9.84 Å². The average molecular weight is 246 g/mol. The highest BCUT2D eigenvalue weighted by Crippen LogP contribution is 2.27. The molecule has 1 fully saturated rings. The minimum Gasteiger partial charge on any atom is -0.507 e. The van der Waals surface area contributed by atoms with Crippen LogP contribution >= 0.6 is 0 Å². The van der Waals surface area contributed by atoms with Gasteiger partial charge in [0.05, 0.1) is 18.7 Å². The molecular weight excluding hydrogens is 228 g/mol. The number of hydrogen-bond donors (Lipinski definition) is 1. The number of nitrogens with zero attached hydrogens (tertiary/aromatic N) is 2. The zero-order valence-corrected chi connectivity index (χ0v) is 10.6. The first-order valence-corrected chi connectivity index (χ1v) is 6.32. The topological polar surface area (TPSA) is 37.6 Å². The Balaban J connectivity index is 1.92. The fourth-order valence-electron chi connectivity index (χ4n) is 2.54. The number of hydrogen-bond acceptors (Lipinski definition) is 3. The molecule has 0 spiro atoms. The number of benzene rings is 1. The van der Waals surface area contributed by atoms with Gasteiger partial charge in [-0.3, -0.25) is 4.90 Å². The van der Waals surface area contributed by atoms with Crippen molar-refractivity contribution in [1.29, 1.82) is 0 Å². The molecule has 1 aliphatic heterocycles. The molecule has 0 atom stereocenters.